The zero-order chi connectivity index (χ0) is 9.97. The molecule has 2 aromatic rings. The molecule has 2 nitrogen and oxygen atoms in total. The Morgan fingerprint density at radius 1 is 1.36 bits per heavy atom. The number of halogens is 1. The average Bonchev–Trinajstić information content (AvgIpc) is 2.19. The summed E-state index contributed by atoms with van der Waals surface area (Å²) in [5.41, 5.74) is 1.63. The first-order valence-corrected chi connectivity index (χ1v) is 4.67. The summed E-state index contributed by atoms with van der Waals surface area (Å²) in [4.78, 5) is 14.6. The van der Waals surface area contributed by atoms with Gasteiger partial charge in [0.1, 0.15) is 11.4 Å². The van der Waals surface area contributed by atoms with E-state index in [4.69, 9.17) is 11.6 Å². The van der Waals surface area contributed by atoms with E-state index in [0.717, 1.165) is 22.8 Å². The van der Waals surface area contributed by atoms with Crippen LogP contribution in [0, 0.1) is 0 Å². The van der Waals surface area contributed by atoms with Crippen molar-refractivity contribution in [2.45, 2.75) is 6.42 Å². The third-order valence-electron chi connectivity index (χ3n) is 2.05. The van der Waals surface area contributed by atoms with Crippen LogP contribution in [0.15, 0.2) is 30.3 Å². The SMILES string of the molecule is O=CCc1cc2ccccc2nc1Cl. The van der Waals surface area contributed by atoms with Gasteiger partial charge < -0.3 is 4.79 Å². The number of aromatic nitrogens is 1. The molecule has 0 fully saturated rings. The summed E-state index contributed by atoms with van der Waals surface area (Å²) in [6, 6.07) is 9.59. The Morgan fingerprint density at radius 3 is 2.93 bits per heavy atom. The van der Waals surface area contributed by atoms with Gasteiger partial charge >= 0.3 is 0 Å². The van der Waals surface area contributed by atoms with Gasteiger partial charge in [-0.1, -0.05) is 29.8 Å². The summed E-state index contributed by atoms with van der Waals surface area (Å²) in [6.07, 6.45) is 1.15. The highest BCUT2D eigenvalue weighted by Gasteiger charge is 2.03. The molecule has 3 heteroatoms. The number of benzene rings is 1. The molecule has 0 unspecified atom stereocenters. The van der Waals surface area contributed by atoms with E-state index in [9.17, 15) is 4.79 Å². The third kappa shape index (κ3) is 1.61. The minimum absolute atomic E-state index is 0.316. The Kier molecular flexibility index (Phi) is 2.46. The van der Waals surface area contributed by atoms with E-state index in [1.807, 2.05) is 30.3 Å². The smallest absolute Gasteiger partial charge is 0.133 e. The fourth-order valence-corrected chi connectivity index (χ4v) is 1.59. The summed E-state index contributed by atoms with van der Waals surface area (Å²) in [7, 11) is 0. The van der Waals surface area contributed by atoms with Crippen molar-refractivity contribution in [2.75, 3.05) is 0 Å². The van der Waals surface area contributed by atoms with Gasteiger partial charge in [0.15, 0.2) is 0 Å². The Balaban J connectivity index is 2.64. The molecular formula is C11H8ClNO. The van der Waals surface area contributed by atoms with Crippen molar-refractivity contribution in [3.63, 3.8) is 0 Å². The quantitative estimate of drug-likeness (QED) is 0.557. The van der Waals surface area contributed by atoms with Gasteiger partial charge in [-0.2, -0.15) is 0 Å². The second kappa shape index (κ2) is 3.76. The van der Waals surface area contributed by atoms with E-state index >= 15 is 0 Å². The molecule has 0 N–H and O–H groups in total. The Labute approximate surface area is 86.5 Å². The van der Waals surface area contributed by atoms with Gasteiger partial charge in [-0.25, -0.2) is 4.98 Å². The van der Waals surface area contributed by atoms with E-state index in [1.54, 1.807) is 0 Å². The lowest BCUT2D eigenvalue weighted by Gasteiger charge is -2.02. The van der Waals surface area contributed by atoms with Crippen molar-refractivity contribution in [1.29, 1.82) is 0 Å². The Hall–Kier alpha value is -1.41. The van der Waals surface area contributed by atoms with Gasteiger partial charge in [0.2, 0.25) is 0 Å². The van der Waals surface area contributed by atoms with Crippen LogP contribution in [0.1, 0.15) is 5.56 Å². The number of pyridine rings is 1. The van der Waals surface area contributed by atoms with Gasteiger partial charge in [-0.15, -0.1) is 0 Å². The van der Waals surface area contributed by atoms with Gasteiger partial charge in [0, 0.05) is 11.8 Å². The summed E-state index contributed by atoms with van der Waals surface area (Å²) in [6.45, 7) is 0. The number of hydrogen-bond acceptors (Lipinski definition) is 2. The van der Waals surface area contributed by atoms with E-state index < -0.39 is 0 Å². The summed E-state index contributed by atoms with van der Waals surface area (Å²) in [5, 5.41) is 1.42. The molecule has 1 aromatic carbocycles. The van der Waals surface area contributed by atoms with Crippen molar-refractivity contribution in [1.82, 2.24) is 4.98 Å². The minimum atomic E-state index is 0.316. The molecule has 0 saturated carbocycles. The average molecular weight is 206 g/mol. The lowest BCUT2D eigenvalue weighted by Crippen LogP contribution is -1.91. The summed E-state index contributed by atoms with van der Waals surface area (Å²) < 4.78 is 0. The van der Waals surface area contributed by atoms with Crippen molar-refractivity contribution in [2.24, 2.45) is 0 Å². The molecule has 0 aliphatic heterocycles. The number of nitrogens with zero attached hydrogens (tertiary/aromatic N) is 1. The van der Waals surface area contributed by atoms with E-state index in [0.29, 0.717) is 11.6 Å². The lowest BCUT2D eigenvalue weighted by molar-refractivity contribution is -0.107. The number of carbonyl (C=O) groups excluding carboxylic acids is 1. The standard InChI is InChI=1S/C11H8ClNO/c12-11-9(5-6-14)7-8-3-1-2-4-10(8)13-11/h1-4,6-7H,5H2. The minimum Gasteiger partial charge on any atom is -0.303 e. The van der Waals surface area contributed by atoms with Gasteiger partial charge in [-0.05, 0) is 17.7 Å². The largest absolute Gasteiger partial charge is 0.303 e. The summed E-state index contributed by atoms with van der Waals surface area (Å²) in [5.74, 6) is 0. The van der Waals surface area contributed by atoms with Gasteiger partial charge in [-0.3, -0.25) is 0 Å². The predicted molar refractivity (Wildman–Crippen MR) is 56.5 cm³/mol. The van der Waals surface area contributed by atoms with Crippen LogP contribution in [0.5, 0.6) is 0 Å². The van der Waals surface area contributed by atoms with Crippen molar-refractivity contribution in [3.05, 3.63) is 41.0 Å². The molecular weight excluding hydrogens is 198 g/mol. The molecule has 0 saturated heterocycles. The number of carbonyl (C=O) groups is 1. The highest BCUT2D eigenvalue weighted by Crippen LogP contribution is 2.20. The summed E-state index contributed by atoms with van der Waals surface area (Å²) >= 11 is 5.91. The van der Waals surface area contributed by atoms with Crippen molar-refractivity contribution < 1.29 is 4.79 Å². The van der Waals surface area contributed by atoms with Crippen LogP contribution in [-0.4, -0.2) is 11.3 Å². The molecule has 70 valence electrons. The zero-order valence-electron chi connectivity index (χ0n) is 7.40. The maximum absolute atomic E-state index is 10.4. The Bertz CT molecular complexity index is 482. The van der Waals surface area contributed by atoms with E-state index in [2.05, 4.69) is 4.98 Å². The molecule has 1 heterocycles. The van der Waals surface area contributed by atoms with Crippen LogP contribution in [0.4, 0.5) is 0 Å². The Morgan fingerprint density at radius 2 is 2.14 bits per heavy atom. The number of hydrogen-bond donors (Lipinski definition) is 0. The molecule has 0 aliphatic rings. The topological polar surface area (TPSA) is 30.0 Å². The van der Waals surface area contributed by atoms with Crippen LogP contribution in [-0.2, 0) is 11.2 Å². The molecule has 0 amide bonds. The van der Waals surface area contributed by atoms with E-state index in [-0.39, 0.29) is 0 Å². The lowest BCUT2D eigenvalue weighted by atomic mass is 10.1. The van der Waals surface area contributed by atoms with Crippen molar-refractivity contribution in [3.8, 4) is 0 Å². The molecule has 2 rings (SSSR count). The molecule has 0 spiro atoms. The number of fused-ring (bicyclic) bond motifs is 1. The zero-order valence-corrected chi connectivity index (χ0v) is 8.16. The normalized spacial score (nSPS) is 10.4. The highest BCUT2D eigenvalue weighted by molar-refractivity contribution is 6.30. The molecule has 14 heavy (non-hydrogen) atoms. The van der Waals surface area contributed by atoms with Crippen LogP contribution in [0.3, 0.4) is 0 Å². The first kappa shape index (κ1) is 9.16. The van der Waals surface area contributed by atoms with Crippen LogP contribution >= 0.6 is 11.6 Å². The number of rotatable bonds is 2. The molecule has 0 atom stereocenters. The first-order chi connectivity index (χ1) is 6.81. The first-order valence-electron chi connectivity index (χ1n) is 4.29. The van der Waals surface area contributed by atoms with Crippen LogP contribution in [0.2, 0.25) is 5.15 Å². The maximum atomic E-state index is 10.4. The number of aldehydes is 1. The maximum Gasteiger partial charge on any atom is 0.133 e. The fourth-order valence-electron chi connectivity index (χ4n) is 1.37. The third-order valence-corrected chi connectivity index (χ3v) is 2.38. The molecule has 0 radical (unpaired) electrons. The van der Waals surface area contributed by atoms with Crippen LogP contribution < -0.4 is 0 Å². The van der Waals surface area contributed by atoms with Crippen LogP contribution in [0.25, 0.3) is 10.9 Å². The fraction of sp³-hybridized carbons (Fsp3) is 0.0909. The monoisotopic (exact) mass is 205 g/mol. The predicted octanol–water partition coefficient (Wildman–Crippen LogP) is 2.63. The van der Waals surface area contributed by atoms with E-state index in [1.165, 1.54) is 0 Å². The van der Waals surface area contributed by atoms with Gasteiger partial charge in [0.25, 0.3) is 0 Å². The van der Waals surface area contributed by atoms with Crippen molar-refractivity contribution >= 4 is 28.8 Å². The molecule has 0 bridgehead atoms. The van der Waals surface area contributed by atoms with Gasteiger partial charge in [0.05, 0.1) is 5.52 Å². The second-order valence-corrected chi connectivity index (χ2v) is 3.36. The molecule has 0 aliphatic carbocycles. The second-order valence-electron chi connectivity index (χ2n) is 3.00. The highest BCUT2D eigenvalue weighted by atomic mass is 35.5. The number of para-hydroxylation sites is 1. The molecule has 1 aromatic heterocycles.